The van der Waals surface area contributed by atoms with Crippen molar-refractivity contribution < 1.29 is 14.3 Å². The summed E-state index contributed by atoms with van der Waals surface area (Å²) >= 11 is 0. The van der Waals surface area contributed by atoms with Gasteiger partial charge in [-0.25, -0.2) is 0 Å². The average molecular weight is 267 g/mol. The van der Waals surface area contributed by atoms with E-state index in [1.807, 2.05) is 0 Å². The first kappa shape index (κ1) is 13.4. The van der Waals surface area contributed by atoms with Gasteiger partial charge in [0.15, 0.2) is 0 Å². The summed E-state index contributed by atoms with van der Waals surface area (Å²) < 4.78 is 10.7. The molecule has 0 amide bonds. The quantitative estimate of drug-likeness (QED) is 0.588. The van der Waals surface area contributed by atoms with Crippen LogP contribution < -0.4 is 5.73 Å². The molecule has 0 aromatic rings. The number of hydrogen-bond donors (Lipinski definition) is 1. The monoisotopic (exact) mass is 267 g/mol. The Kier molecular flexibility index (Phi) is 3.81. The molecule has 4 rings (SSSR count). The van der Waals surface area contributed by atoms with Crippen LogP contribution >= 0.6 is 0 Å². The summed E-state index contributed by atoms with van der Waals surface area (Å²) in [4.78, 5) is 12.4. The van der Waals surface area contributed by atoms with Crippen LogP contribution in [0.3, 0.4) is 0 Å². The van der Waals surface area contributed by atoms with Crippen molar-refractivity contribution in [3.63, 3.8) is 0 Å². The maximum Gasteiger partial charge on any atom is 0.312 e. The van der Waals surface area contributed by atoms with Gasteiger partial charge < -0.3 is 15.2 Å². The molecule has 0 aromatic carbocycles. The lowest BCUT2D eigenvalue weighted by Crippen LogP contribution is -2.50. The summed E-state index contributed by atoms with van der Waals surface area (Å²) in [5.41, 5.74) is 5.20. The fourth-order valence-electron chi connectivity index (χ4n) is 4.89. The molecule has 108 valence electrons. The van der Waals surface area contributed by atoms with Crippen LogP contribution in [0, 0.1) is 23.2 Å². The maximum atomic E-state index is 12.4. The van der Waals surface area contributed by atoms with Gasteiger partial charge in [-0.15, -0.1) is 0 Å². The van der Waals surface area contributed by atoms with Gasteiger partial charge in [0.05, 0.1) is 18.6 Å². The summed E-state index contributed by atoms with van der Waals surface area (Å²) in [7, 11) is 0. The van der Waals surface area contributed by atoms with Crippen LogP contribution in [-0.4, -0.2) is 32.3 Å². The van der Waals surface area contributed by atoms with Crippen molar-refractivity contribution in [3.8, 4) is 0 Å². The minimum atomic E-state index is -0.136. The van der Waals surface area contributed by atoms with E-state index >= 15 is 0 Å². The number of hydrogen-bond acceptors (Lipinski definition) is 4. The normalized spacial score (nSPS) is 39.5. The van der Waals surface area contributed by atoms with Gasteiger partial charge in [-0.05, 0) is 56.3 Å². The van der Waals surface area contributed by atoms with Crippen LogP contribution in [0.4, 0.5) is 0 Å². The SMILES string of the molecule is NCCOCCOC(=O)C12CC3CC(CC(C3)C1)C2. The Bertz CT molecular complexity index is 307. The third kappa shape index (κ3) is 2.65. The maximum absolute atomic E-state index is 12.4. The first-order valence-corrected chi connectivity index (χ1v) is 7.67. The lowest BCUT2D eigenvalue weighted by Gasteiger charge is -2.55. The Balaban J connectivity index is 1.52. The molecule has 4 aliphatic rings. The Morgan fingerprint density at radius 2 is 1.58 bits per heavy atom. The molecule has 4 aliphatic carbocycles. The molecule has 4 fully saturated rings. The summed E-state index contributed by atoms with van der Waals surface area (Å²) in [5, 5.41) is 0. The fourth-order valence-corrected chi connectivity index (χ4v) is 4.89. The first-order chi connectivity index (χ1) is 9.22. The molecule has 0 saturated heterocycles. The fraction of sp³-hybridized carbons (Fsp3) is 0.933. The van der Waals surface area contributed by atoms with Crippen LogP contribution in [0.5, 0.6) is 0 Å². The van der Waals surface area contributed by atoms with Crippen LogP contribution in [0.2, 0.25) is 0 Å². The van der Waals surface area contributed by atoms with E-state index in [9.17, 15) is 4.79 Å². The van der Waals surface area contributed by atoms with Gasteiger partial charge >= 0.3 is 5.97 Å². The van der Waals surface area contributed by atoms with Gasteiger partial charge in [-0.2, -0.15) is 0 Å². The number of nitrogens with two attached hydrogens (primary N) is 1. The van der Waals surface area contributed by atoms with Gasteiger partial charge in [0.2, 0.25) is 0 Å². The highest BCUT2D eigenvalue weighted by molar-refractivity contribution is 5.77. The number of rotatable bonds is 6. The zero-order chi connectivity index (χ0) is 13.3. The Labute approximate surface area is 115 Å². The van der Waals surface area contributed by atoms with Gasteiger partial charge in [-0.3, -0.25) is 4.79 Å². The van der Waals surface area contributed by atoms with Crippen molar-refractivity contribution in [3.05, 3.63) is 0 Å². The molecular weight excluding hydrogens is 242 g/mol. The van der Waals surface area contributed by atoms with Crippen molar-refractivity contribution in [2.75, 3.05) is 26.4 Å². The lowest BCUT2D eigenvalue weighted by atomic mass is 9.49. The largest absolute Gasteiger partial charge is 0.463 e. The number of carbonyl (C=O) groups excluding carboxylic acids is 1. The van der Waals surface area contributed by atoms with Crippen LogP contribution in [0.15, 0.2) is 0 Å². The minimum Gasteiger partial charge on any atom is -0.463 e. The van der Waals surface area contributed by atoms with E-state index < -0.39 is 0 Å². The minimum absolute atomic E-state index is 0.0444. The van der Waals surface area contributed by atoms with Crippen LogP contribution in [-0.2, 0) is 14.3 Å². The summed E-state index contributed by atoms with van der Waals surface area (Å²) in [6, 6.07) is 0. The zero-order valence-corrected chi connectivity index (χ0v) is 11.6. The Morgan fingerprint density at radius 3 is 2.11 bits per heavy atom. The van der Waals surface area contributed by atoms with Crippen molar-refractivity contribution in [2.24, 2.45) is 28.9 Å². The highest BCUT2D eigenvalue weighted by atomic mass is 16.6. The van der Waals surface area contributed by atoms with E-state index in [-0.39, 0.29) is 11.4 Å². The smallest absolute Gasteiger partial charge is 0.312 e. The molecule has 4 nitrogen and oxygen atoms in total. The molecule has 19 heavy (non-hydrogen) atoms. The molecular formula is C15H25NO3. The zero-order valence-electron chi connectivity index (χ0n) is 11.6. The second-order valence-electron chi connectivity index (χ2n) is 6.73. The molecule has 0 radical (unpaired) electrons. The number of ether oxygens (including phenoxy) is 2. The topological polar surface area (TPSA) is 61.6 Å². The molecule has 4 heteroatoms. The van der Waals surface area contributed by atoms with Crippen molar-refractivity contribution in [2.45, 2.75) is 38.5 Å². The summed E-state index contributed by atoms with van der Waals surface area (Å²) in [5.74, 6) is 2.40. The van der Waals surface area contributed by atoms with E-state index in [0.717, 1.165) is 37.0 Å². The van der Waals surface area contributed by atoms with Crippen LogP contribution in [0.25, 0.3) is 0 Å². The van der Waals surface area contributed by atoms with E-state index in [1.165, 1.54) is 19.3 Å². The molecule has 0 atom stereocenters. The third-order valence-corrected chi connectivity index (χ3v) is 5.19. The van der Waals surface area contributed by atoms with Crippen LogP contribution in [0.1, 0.15) is 38.5 Å². The van der Waals surface area contributed by atoms with E-state index in [0.29, 0.717) is 26.4 Å². The number of carbonyl (C=O) groups is 1. The molecule has 0 unspecified atom stereocenters. The van der Waals surface area contributed by atoms with Gasteiger partial charge in [-0.1, -0.05) is 0 Å². The van der Waals surface area contributed by atoms with Crippen molar-refractivity contribution >= 4 is 5.97 Å². The van der Waals surface area contributed by atoms with E-state index in [2.05, 4.69) is 0 Å². The average Bonchev–Trinajstić information content (AvgIpc) is 2.36. The standard InChI is InChI=1S/C15H25NO3/c16-1-2-18-3-4-19-14(17)15-8-11-5-12(9-15)7-13(6-11)10-15/h11-13H,1-10,16H2. The first-order valence-electron chi connectivity index (χ1n) is 7.67. The van der Waals surface area contributed by atoms with Gasteiger partial charge in [0.1, 0.15) is 6.61 Å². The second kappa shape index (κ2) is 5.41. The molecule has 2 N–H and O–H groups in total. The molecule has 0 aromatic heterocycles. The Hall–Kier alpha value is -0.610. The lowest BCUT2D eigenvalue weighted by molar-refractivity contribution is -0.172. The van der Waals surface area contributed by atoms with Crippen molar-refractivity contribution in [1.82, 2.24) is 0 Å². The predicted molar refractivity (Wildman–Crippen MR) is 71.4 cm³/mol. The summed E-state index contributed by atoms with van der Waals surface area (Å²) in [6.45, 7) is 1.90. The van der Waals surface area contributed by atoms with Gasteiger partial charge in [0, 0.05) is 6.54 Å². The van der Waals surface area contributed by atoms with E-state index in [1.54, 1.807) is 0 Å². The number of esters is 1. The van der Waals surface area contributed by atoms with Gasteiger partial charge in [0.25, 0.3) is 0 Å². The molecule has 4 bridgehead atoms. The molecule has 0 spiro atoms. The second-order valence-corrected chi connectivity index (χ2v) is 6.73. The highest BCUT2D eigenvalue weighted by Crippen LogP contribution is 2.60. The van der Waals surface area contributed by atoms with E-state index in [4.69, 9.17) is 15.2 Å². The predicted octanol–water partition coefficient (Wildman–Crippen LogP) is 1.72. The molecule has 0 aliphatic heterocycles. The molecule has 4 saturated carbocycles. The highest BCUT2D eigenvalue weighted by Gasteiger charge is 2.55. The van der Waals surface area contributed by atoms with Crippen molar-refractivity contribution in [1.29, 1.82) is 0 Å². The third-order valence-electron chi connectivity index (χ3n) is 5.19. The summed E-state index contributed by atoms with van der Waals surface area (Å²) in [6.07, 6.45) is 7.27. The Morgan fingerprint density at radius 1 is 1.00 bits per heavy atom. The molecule has 0 heterocycles.